The Hall–Kier alpha value is -1.88. The Morgan fingerprint density at radius 3 is 2.67 bits per heavy atom. The number of rotatable bonds is 1. The molecule has 0 fully saturated rings. The Kier molecular flexibility index (Phi) is 3.06. The van der Waals surface area contributed by atoms with E-state index in [2.05, 4.69) is 13.8 Å². The molecule has 1 aliphatic heterocycles. The molecule has 3 rings (SSSR count). The van der Waals surface area contributed by atoms with Crippen molar-refractivity contribution in [2.24, 2.45) is 5.41 Å². The molecule has 1 unspecified atom stereocenters. The number of aliphatic hydroxyl groups excluding tert-OH is 1. The Morgan fingerprint density at radius 2 is 2.00 bits per heavy atom. The van der Waals surface area contributed by atoms with Crippen molar-refractivity contribution in [3.8, 4) is 5.75 Å². The lowest BCUT2D eigenvalue weighted by Crippen LogP contribution is -2.33. The van der Waals surface area contributed by atoms with Crippen LogP contribution in [0.3, 0.4) is 0 Å². The summed E-state index contributed by atoms with van der Waals surface area (Å²) in [6.45, 7) is 4.21. The van der Waals surface area contributed by atoms with Crippen LogP contribution in [0, 0.1) is 5.41 Å². The molecule has 0 radical (unpaired) electrons. The molecule has 2 N–H and O–H groups in total. The molecule has 1 atom stereocenters. The van der Waals surface area contributed by atoms with Crippen molar-refractivity contribution in [2.45, 2.75) is 45.8 Å². The Labute approximate surface area is 122 Å². The van der Waals surface area contributed by atoms with Crippen molar-refractivity contribution in [3.63, 3.8) is 0 Å². The van der Waals surface area contributed by atoms with Gasteiger partial charge in [-0.2, -0.15) is 0 Å². The number of hydrogen-bond acceptors (Lipinski definition) is 5. The molecule has 1 aromatic carbocycles. The number of aldehydes is 1. The number of benzene rings is 1. The molecule has 1 heterocycles. The summed E-state index contributed by atoms with van der Waals surface area (Å²) < 4.78 is 4.91. The molecule has 0 spiro atoms. The predicted molar refractivity (Wildman–Crippen MR) is 74.4 cm³/mol. The maximum Gasteiger partial charge on any atom is 0.341 e. The van der Waals surface area contributed by atoms with Crippen LogP contribution in [0.5, 0.6) is 5.75 Å². The summed E-state index contributed by atoms with van der Waals surface area (Å²) in [5, 5.41) is 20.0. The van der Waals surface area contributed by atoms with Gasteiger partial charge in [0, 0.05) is 6.42 Å². The van der Waals surface area contributed by atoms with Gasteiger partial charge in [0.2, 0.25) is 6.29 Å². The van der Waals surface area contributed by atoms with Gasteiger partial charge in [0.25, 0.3) is 0 Å². The number of esters is 1. The standard InChI is InChI=1S/C16H18O5/c1-16(2)4-3-8-10(6-16)13-9(11(7-17)14(8)19)5-12(18)21-15(13)20/h7,12,18-19H,3-6H2,1-2H3. The molecule has 0 bridgehead atoms. The van der Waals surface area contributed by atoms with Crippen LogP contribution >= 0.6 is 0 Å². The van der Waals surface area contributed by atoms with E-state index < -0.39 is 12.3 Å². The van der Waals surface area contributed by atoms with Crippen molar-refractivity contribution in [3.05, 3.63) is 27.8 Å². The van der Waals surface area contributed by atoms with Crippen LogP contribution < -0.4 is 0 Å². The zero-order valence-electron chi connectivity index (χ0n) is 12.1. The molecule has 112 valence electrons. The number of carbonyl (C=O) groups is 2. The summed E-state index contributed by atoms with van der Waals surface area (Å²) in [6, 6.07) is 0. The highest BCUT2D eigenvalue weighted by atomic mass is 16.6. The van der Waals surface area contributed by atoms with Gasteiger partial charge in [0.1, 0.15) is 5.75 Å². The molecule has 5 heteroatoms. The molecule has 1 aromatic rings. The van der Waals surface area contributed by atoms with Crippen LogP contribution in [0.15, 0.2) is 0 Å². The molecule has 5 nitrogen and oxygen atoms in total. The Balaban J connectivity index is 2.31. The second-order valence-electron chi connectivity index (χ2n) is 6.60. The van der Waals surface area contributed by atoms with Gasteiger partial charge in [0.15, 0.2) is 6.29 Å². The van der Waals surface area contributed by atoms with E-state index in [0.717, 1.165) is 12.0 Å². The van der Waals surface area contributed by atoms with Crippen molar-refractivity contribution in [1.29, 1.82) is 0 Å². The molecule has 2 aliphatic rings. The van der Waals surface area contributed by atoms with Gasteiger partial charge in [-0.05, 0) is 41.4 Å². The summed E-state index contributed by atoms with van der Waals surface area (Å²) in [5.41, 5.74) is 2.33. The molecular weight excluding hydrogens is 272 g/mol. The van der Waals surface area contributed by atoms with Crippen molar-refractivity contribution < 1.29 is 24.5 Å². The number of aliphatic hydroxyl groups is 1. The molecule has 1 aliphatic carbocycles. The number of ether oxygens (including phenoxy) is 1. The van der Waals surface area contributed by atoms with Crippen LogP contribution in [0.25, 0.3) is 0 Å². The Bertz CT molecular complexity index is 645. The smallest absolute Gasteiger partial charge is 0.341 e. The highest BCUT2D eigenvalue weighted by Crippen LogP contribution is 2.44. The third-order valence-electron chi connectivity index (χ3n) is 4.48. The summed E-state index contributed by atoms with van der Waals surface area (Å²) in [5.74, 6) is -0.656. The van der Waals surface area contributed by atoms with Gasteiger partial charge >= 0.3 is 5.97 Å². The van der Waals surface area contributed by atoms with Crippen LogP contribution in [0.1, 0.15) is 57.7 Å². The normalized spacial score (nSPS) is 23.0. The van der Waals surface area contributed by atoms with Crippen molar-refractivity contribution in [2.75, 3.05) is 0 Å². The van der Waals surface area contributed by atoms with E-state index in [4.69, 9.17) is 4.74 Å². The number of aromatic hydroxyl groups is 1. The highest BCUT2D eigenvalue weighted by molar-refractivity contribution is 5.99. The van der Waals surface area contributed by atoms with Crippen LogP contribution in [-0.4, -0.2) is 28.8 Å². The SMILES string of the molecule is CC1(C)CCc2c(O)c(C=O)c3c(c2C1)C(=O)OC(O)C3. The number of phenols is 1. The monoisotopic (exact) mass is 290 g/mol. The summed E-state index contributed by atoms with van der Waals surface area (Å²) in [7, 11) is 0. The number of cyclic esters (lactones) is 1. The molecule has 0 amide bonds. The first-order valence-electron chi connectivity index (χ1n) is 7.08. The zero-order chi connectivity index (χ0) is 15.4. The first-order valence-corrected chi connectivity index (χ1v) is 7.08. The predicted octanol–water partition coefficient (Wildman–Crippen LogP) is 1.75. The van der Waals surface area contributed by atoms with E-state index in [0.29, 0.717) is 35.8 Å². The van der Waals surface area contributed by atoms with Gasteiger partial charge in [-0.3, -0.25) is 4.79 Å². The van der Waals surface area contributed by atoms with Crippen LogP contribution in [-0.2, 0) is 24.0 Å². The van der Waals surface area contributed by atoms with E-state index >= 15 is 0 Å². The maximum atomic E-state index is 12.2. The first kappa shape index (κ1) is 14.1. The lowest BCUT2D eigenvalue weighted by Gasteiger charge is -2.35. The van der Waals surface area contributed by atoms with Gasteiger partial charge in [0.05, 0.1) is 11.1 Å². The van der Waals surface area contributed by atoms with E-state index in [1.165, 1.54) is 0 Å². The van der Waals surface area contributed by atoms with E-state index in [-0.39, 0.29) is 23.1 Å². The number of fused-ring (bicyclic) bond motifs is 3. The minimum atomic E-state index is -1.27. The molecule has 0 saturated heterocycles. The van der Waals surface area contributed by atoms with E-state index in [9.17, 15) is 19.8 Å². The fraction of sp³-hybridized carbons (Fsp3) is 0.500. The number of hydrogen-bond donors (Lipinski definition) is 2. The van der Waals surface area contributed by atoms with E-state index in [1.54, 1.807) is 0 Å². The maximum absolute atomic E-state index is 12.2. The molecule has 0 aromatic heterocycles. The third-order valence-corrected chi connectivity index (χ3v) is 4.48. The first-order chi connectivity index (χ1) is 9.84. The zero-order valence-corrected chi connectivity index (χ0v) is 12.1. The van der Waals surface area contributed by atoms with Crippen molar-refractivity contribution in [1.82, 2.24) is 0 Å². The van der Waals surface area contributed by atoms with Crippen LogP contribution in [0.2, 0.25) is 0 Å². The molecule has 0 saturated carbocycles. The third kappa shape index (κ3) is 2.12. The summed E-state index contributed by atoms with van der Waals surface area (Å²) in [4.78, 5) is 23.5. The van der Waals surface area contributed by atoms with Gasteiger partial charge < -0.3 is 14.9 Å². The minimum absolute atomic E-state index is 0.0201. The van der Waals surface area contributed by atoms with E-state index in [1.807, 2.05) is 0 Å². The fourth-order valence-electron chi connectivity index (χ4n) is 3.39. The second-order valence-corrected chi connectivity index (χ2v) is 6.60. The van der Waals surface area contributed by atoms with Crippen LogP contribution in [0.4, 0.5) is 0 Å². The highest BCUT2D eigenvalue weighted by Gasteiger charge is 2.37. The quantitative estimate of drug-likeness (QED) is 0.608. The molecule has 21 heavy (non-hydrogen) atoms. The van der Waals surface area contributed by atoms with Gasteiger partial charge in [-0.1, -0.05) is 13.8 Å². The lowest BCUT2D eigenvalue weighted by atomic mass is 9.71. The molecular formula is C16H18O5. The number of carbonyl (C=O) groups excluding carboxylic acids is 2. The summed E-state index contributed by atoms with van der Waals surface area (Å²) >= 11 is 0. The average molecular weight is 290 g/mol. The Morgan fingerprint density at radius 1 is 1.29 bits per heavy atom. The number of phenolic OH excluding ortho intramolecular Hbond substituents is 1. The second kappa shape index (κ2) is 4.56. The minimum Gasteiger partial charge on any atom is -0.507 e. The summed E-state index contributed by atoms with van der Waals surface area (Å²) in [6.07, 6.45) is 1.47. The average Bonchev–Trinajstić information content (AvgIpc) is 2.37. The largest absolute Gasteiger partial charge is 0.507 e. The van der Waals surface area contributed by atoms with Gasteiger partial charge in [-0.25, -0.2) is 4.79 Å². The fourth-order valence-corrected chi connectivity index (χ4v) is 3.39. The van der Waals surface area contributed by atoms with Gasteiger partial charge in [-0.15, -0.1) is 0 Å². The lowest BCUT2D eigenvalue weighted by molar-refractivity contribution is -0.0689. The topological polar surface area (TPSA) is 83.8 Å². The van der Waals surface area contributed by atoms with Crippen molar-refractivity contribution >= 4 is 12.3 Å².